The highest BCUT2D eigenvalue weighted by atomic mass is 127. The number of alkyl halides is 2. The van der Waals surface area contributed by atoms with E-state index in [1.165, 1.54) is 18.9 Å². The van der Waals surface area contributed by atoms with Crippen LogP contribution in [-0.2, 0) is 6.54 Å². The van der Waals surface area contributed by atoms with Crippen molar-refractivity contribution < 1.29 is 13.5 Å². The van der Waals surface area contributed by atoms with Crippen molar-refractivity contribution in [2.24, 2.45) is 10.9 Å². The molecule has 7 heteroatoms. The third-order valence-electron chi connectivity index (χ3n) is 3.14. The minimum atomic E-state index is -2.80. The number of benzene rings is 1. The molecule has 1 saturated carbocycles. The first-order valence-corrected chi connectivity index (χ1v) is 7.23. The quantitative estimate of drug-likeness (QED) is 0.400. The van der Waals surface area contributed by atoms with Crippen molar-refractivity contribution >= 4 is 29.9 Å². The fourth-order valence-corrected chi connectivity index (χ4v) is 1.90. The summed E-state index contributed by atoms with van der Waals surface area (Å²) >= 11 is 0. The number of hydrogen-bond donors (Lipinski definition) is 2. The Morgan fingerprint density at radius 1 is 1.36 bits per heavy atom. The lowest BCUT2D eigenvalue weighted by Crippen LogP contribution is -2.38. The van der Waals surface area contributed by atoms with E-state index < -0.39 is 6.61 Å². The molecule has 0 atom stereocenters. The van der Waals surface area contributed by atoms with Crippen molar-refractivity contribution in [2.75, 3.05) is 13.1 Å². The lowest BCUT2D eigenvalue weighted by atomic mass is 10.2. The van der Waals surface area contributed by atoms with Crippen LogP contribution < -0.4 is 15.4 Å². The van der Waals surface area contributed by atoms with Crippen molar-refractivity contribution in [3.05, 3.63) is 29.8 Å². The Hall–Kier alpha value is -1.12. The molecule has 0 spiro atoms. The van der Waals surface area contributed by atoms with Crippen molar-refractivity contribution in [2.45, 2.75) is 32.9 Å². The van der Waals surface area contributed by atoms with E-state index in [0.717, 1.165) is 30.5 Å². The molecule has 0 heterocycles. The van der Waals surface area contributed by atoms with Gasteiger partial charge >= 0.3 is 6.61 Å². The maximum Gasteiger partial charge on any atom is 0.387 e. The molecular formula is C15H22F2IN3O. The maximum absolute atomic E-state index is 12.2. The molecular weight excluding hydrogens is 403 g/mol. The third-order valence-corrected chi connectivity index (χ3v) is 3.14. The van der Waals surface area contributed by atoms with E-state index in [2.05, 4.69) is 20.4 Å². The van der Waals surface area contributed by atoms with E-state index in [1.807, 2.05) is 13.0 Å². The van der Waals surface area contributed by atoms with Gasteiger partial charge in [-0.2, -0.15) is 8.78 Å². The minimum Gasteiger partial charge on any atom is -0.435 e. The highest BCUT2D eigenvalue weighted by molar-refractivity contribution is 14.0. The van der Waals surface area contributed by atoms with Crippen LogP contribution in [0, 0.1) is 5.92 Å². The van der Waals surface area contributed by atoms with Crippen LogP contribution in [0.2, 0.25) is 0 Å². The van der Waals surface area contributed by atoms with Gasteiger partial charge in [0.1, 0.15) is 5.75 Å². The number of hydrogen-bond acceptors (Lipinski definition) is 2. The van der Waals surface area contributed by atoms with E-state index in [9.17, 15) is 8.78 Å². The summed E-state index contributed by atoms with van der Waals surface area (Å²) in [6, 6.07) is 6.62. The number of ether oxygens (including phenoxy) is 1. The number of guanidine groups is 1. The molecule has 0 saturated heterocycles. The zero-order valence-corrected chi connectivity index (χ0v) is 14.8. The molecule has 0 aromatic heterocycles. The topological polar surface area (TPSA) is 45.7 Å². The molecule has 0 radical (unpaired) electrons. The van der Waals surface area contributed by atoms with Crippen LogP contribution in [0.5, 0.6) is 5.75 Å². The molecule has 2 N–H and O–H groups in total. The molecule has 2 rings (SSSR count). The van der Waals surface area contributed by atoms with Gasteiger partial charge in [-0.1, -0.05) is 12.1 Å². The molecule has 0 amide bonds. The summed E-state index contributed by atoms with van der Waals surface area (Å²) in [6.07, 6.45) is 2.55. The van der Waals surface area contributed by atoms with E-state index in [4.69, 9.17) is 0 Å². The van der Waals surface area contributed by atoms with Gasteiger partial charge in [-0.05, 0) is 43.4 Å². The predicted molar refractivity (Wildman–Crippen MR) is 94.0 cm³/mol. The lowest BCUT2D eigenvalue weighted by molar-refractivity contribution is -0.0498. The predicted octanol–water partition coefficient (Wildman–Crippen LogP) is 3.37. The Morgan fingerprint density at radius 2 is 2.14 bits per heavy atom. The van der Waals surface area contributed by atoms with Crippen LogP contribution in [0.4, 0.5) is 8.78 Å². The standard InChI is InChI=1S/C15H21F2N3O.HI/c1-2-18-15(19-9-11-6-7-11)20-10-12-4-3-5-13(8-12)21-14(16)17;/h3-5,8,11,14H,2,6-7,9-10H2,1H3,(H2,18,19,20);1H. The Bertz CT molecular complexity index is 482. The minimum absolute atomic E-state index is 0. The number of aliphatic imine (C=N–C) groups is 1. The van der Waals surface area contributed by atoms with E-state index in [0.29, 0.717) is 6.54 Å². The molecule has 124 valence electrons. The first-order chi connectivity index (χ1) is 10.2. The zero-order chi connectivity index (χ0) is 15.1. The second-order valence-corrected chi connectivity index (χ2v) is 5.05. The summed E-state index contributed by atoms with van der Waals surface area (Å²) in [7, 11) is 0. The first-order valence-electron chi connectivity index (χ1n) is 7.23. The number of halogens is 3. The molecule has 0 bridgehead atoms. The Labute approximate surface area is 146 Å². The zero-order valence-electron chi connectivity index (χ0n) is 12.5. The van der Waals surface area contributed by atoms with Crippen molar-refractivity contribution in [1.29, 1.82) is 0 Å². The molecule has 0 aliphatic heterocycles. The summed E-state index contributed by atoms with van der Waals surface area (Å²) in [5, 5.41) is 6.46. The fourth-order valence-electron chi connectivity index (χ4n) is 1.90. The molecule has 1 aliphatic carbocycles. The second kappa shape index (κ2) is 9.81. The van der Waals surface area contributed by atoms with Crippen LogP contribution >= 0.6 is 24.0 Å². The average molecular weight is 425 g/mol. The number of nitrogens with zero attached hydrogens (tertiary/aromatic N) is 1. The van der Waals surface area contributed by atoms with Gasteiger partial charge in [0, 0.05) is 13.1 Å². The largest absolute Gasteiger partial charge is 0.435 e. The fraction of sp³-hybridized carbons (Fsp3) is 0.533. The van der Waals surface area contributed by atoms with Gasteiger partial charge in [0.2, 0.25) is 0 Å². The van der Waals surface area contributed by atoms with Crippen LogP contribution in [0.25, 0.3) is 0 Å². The molecule has 1 aromatic carbocycles. The Morgan fingerprint density at radius 3 is 2.77 bits per heavy atom. The number of nitrogens with one attached hydrogen (secondary N) is 2. The summed E-state index contributed by atoms with van der Waals surface area (Å²) in [5.41, 5.74) is 0.830. The van der Waals surface area contributed by atoms with Crippen LogP contribution in [0.15, 0.2) is 29.3 Å². The normalized spacial score (nSPS) is 14.5. The molecule has 0 unspecified atom stereocenters. The van der Waals surface area contributed by atoms with Crippen molar-refractivity contribution in [3.63, 3.8) is 0 Å². The maximum atomic E-state index is 12.2. The van der Waals surface area contributed by atoms with Gasteiger partial charge in [-0.25, -0.2) is 4.99 Å². The third kappa shape index (κ3) is 7.24. The molecule has 1 fully saturated rings. The number of rotatable bonds is 7. The van der Waals surface area contributed by atoms with Crippen LogP contribution in [-0.4, -0.2) is 25.7 Å². The summed E-state index contributed by atoms with van der Waals surface area (Å²) < 4.78 is 28.7. The first kappa shape index (κ1) is 18.9. The van der Waals surface area contributed by atoms with Gasteiger partial charge in [0.25, 0.3) is 0 Å². The van der Waals surface area contributed by atoms with Gasteiger partial charge in [-0.15, -0.1) is 24.0 Å². The Kier molecular flexibility index (Phi) is 8.44. The average Bonchev–Trinajstić information content (AvgIpc) is 3.26. The van der Waals surface area contributed by atoms with Gasteiger partial charge in [0.05, 0.1) is 6.54 Å². The monoisotopic (exact) mass is 425 g/mol. The Balaban J connectivity index is 0.00000242. The van der Waals surface area contributed by atoms with Gasteiger partial charge in [-0.3, -0.25) is 0 Å². The molecule has 4 nitrogen and oxygen atoms in total. The second-order valence-electron chi connectivity index (χ2n) is 5.05. The van der Waals surface area contributed by atoms with Crippen molar-refractivity contribution in [3.8, 4) is 5.75 Å². The summed E-state index contributed by atoms with van der Waals surface area (Å²) in [4.78, 5) is 4.46. The smallest absolute Gasteiger partial charge is 0.387 e. The summed E-state index contributed by atoms with van der Waals surface area (Å²) in [5.74, 6) is 1.68. The summed E-state index contributed by atoms with van der Waals surface area (Å²) in [6.45, 7) is 1.33. The van der Waals surface area contributed by atoms with Gasteiger partial charge < -0.3 is 15.4 Å². The van der Waals surface area contributed by atoms with E-state index >= 15 is 0 Å². The highest BCUT2D eigenvalue weighted by Gasteiger charge is 2.20. The SMILES string of the molecule is CCNC(=NCc1cccc(OC(F)F)c1)NCC1CC1.I. The lowest BCUT2D eigenvalue weighted by Gasteiger charge is -2.11. The highest BCUT2D eigenvalue weighted by Crippen LogP contribution is 2.27. The molecule has 22 heavy (non-hydrogen) atoms. The molecule has 1 aromatic rings. The van der Waals surface area contributed by atoms with Crippen molar-refractivity contribution in [1.82, 2.24) is 10.6 Å². The van der Waals surface area contributed by atoms with E-state index in [-0.39, 0.29) is 29.7 Å². The molecule has 1 aliphatic rings. The van der Waals surface area contributed by atoms with E-state index in [1.54, 1.807) is 12.1 Å². The van der Waals surface area contributed by atoms with Gasteiger partial charge in [0.15, 0.2) is 5.96 Å². The van der Waals surface area contributed by atoms with Crippen LogP contribution in [0.1, 0.15) is 25.3 Å². The van der Waals surface area contributed by atoms with Crippen LogP contribution in [0.3, 0.4) is 0 Å².